The van der Waals surface area contributed by atoms with Crippen molar-refractivity contribution in [2.75, 3.05) is 23.3 Å². The summed E-state index contributed by atoms with van der Waals surface area (Å²) >= 11 is 0. The number of anilines is 2. The first kappa shape index (κ1) is 23.4. The largest absolute Gasteiger partial charge is 0.424 e. The van der Waals surface area contributed by atoms with Crippen molar-refractivity contribution in [3.05, 3.63) is 66.1 Å². The van der Waals surface area contributed by atoms with Gasteiger partial charge in [-0.3, -0.25) is 4.79 Å². The van der Waals surface area contributed by atoms with Crippen molar-refractivity contribution in [1.82, 2.24) is 10.3 Å². The predicted molar refractivity (Wildman–Crippen MR) is 135 cm³/mol. The number of halogens is 1. The molecule has 7 nitrogen and oxygen atoms in total. The van der Waals surface area contributed by atoms with Gasteiger partial charge in [0.15, 0.2) is 5.76 Å². The lowest BCUT2D eigenvalue weighted by atomic mass is 9.89. The zero-order chi connectivity index (χ0) is 24.2. The van der Waals surface area contributed by atoms with E-state index in [0.29, 0.717) is 29.4 Å². The Hall–Kier alpha value is -3.39. The molecule has 1 saturated carbocycles. The number of nitrogens with one attached hydrogen (secondary N) is 2. The molecular weight excluding hydrogens is 445 g/mol. The van der Waals surface area contributed by atoms with Gasteiger partial charge in [-0.25, -0.2) is 9.37 Å². The van der Waals surface area contributed by atoms with Crippen molar-refractivity contribution < 1.29 is 13.6 Å². The maximum Gasteiger partial charge on any atom is 0.295 e. The van der Waals surface area contributed by atoms with E-state index in [4.69, 9.17) is 10.2 Å². The number of rotatable bonds is 7. The zero-order valence-corrected chi connectivity index (χ0v) is 19.8. The molecule has 1 aliphatic carbocycles. The molecule has 1 aliphatic heterocycles. The molecule has 8 heteroatoms. The van der Waals surface area contributed by atoms with Gasteiger partial charge in [0, 0.05) is 48.0 Å². The molecule has 1 saturated heterocycles. The fourth-order valence-electron chi connectivity index (χ4n) is 5.26. The Kier molecular flexibility index (Phi) is 6.99. The molecule has 3 aromatic rings. The summed E-state index contributed by atoms with van der Waals surface area (Å²) < 4.78 is 19.3. The molecule has 1 amide bonds. The number of amides is 1. The summed E-state index contributed by atoms with van der Waals surface area (Å²) in [5.41, 5.74) is 7.68. The molecule has 0 bridgehead atoms. The molecule has 2 heterocycles. The third-order valence-electron chi connectivity index (χ3n) is 7.08. The van der Waals surface area contributed by atoms with Crippen LogP contribution in [0.2, 0.25) is 0 Å². The fraction of sp³-hybridized carbons (Fsp3) is 0.407. The van der Waals surface area contributed by atoms with Crippen molar-refractivity contribution >= 4 is 17.6 Å². The lowest BCUT2D eigenvalue weighted by Gasteiger charge is -2.40. The molecule has 5 rings (SSSR count). The Morgan fingerprint density at radius 2 is 1.86 bits per heavy atom. The fourth-order valence-corrected chi connectivity index (χ4v) is 5.26. The number of oxazole rings is 1. The molecule has 184 valence electrons. The highest BCUT2D eigenvalue weighted by Gasteiger charge is 2.30. The Balaban J connectivity index is 1.23. The minimum absolute atomic E-state index is 0.202. The van der Waals surface area contributed by atoms with Gasteiger partial charge >= 0.3 is 0 Å². The summed E-state index contributed by atoms with van der Waals surface area (Å²) in [6.45, 7) is 1.90. The van der Waals surface area contributed by atoms with Crippen LogP contribution in [0.25, 0.3) is 11.3 Å². The average molecular weight is 478 g/mol. The van der Waals surface area contributed by atoms with Crippen LogP contribution in [0.5, 0.6) is 0 Å². The summed E-state index contributed by atoms with van der Waals surface area (Å²) in [6.07, 6.45) is 8.40. The zero-order valence-electron chi connectivity index (χ0n) is 19.8. The smallest absolute Gasteiger partial charge is 0.295 e. The van der Waals surface area contributed by atoms with Crippen LogP contribution >= 0.6 is 0 Å². The van der Waals surface area contributed by atoms with Gasteiger partial charge in [-0.15, -0.1) is 0 Å². The minimum Gasteiger partial charge on any atom is -0.424 e. The molecule has 1 aromatic heterocycles. The number of carbonyl (C=O) groups excluding carboxylic acids is 1. The summed E-state index contributed by atoms with van der Waals surface area (Å²) in [6, 6.07) is 15.2. The normalized spacial score (nSPS) is 22.7. The lowest BCUT2D eigenvalue weighted by Crippen LogP contribution is -2.54. The third kappa shape index (κ3) is 5.65. The van der Waals surface area contributed by atoms with Gasteiger partial charge in [0.2, 0.25) is 5.91 Å². The van der Waals surface area contributed by atoms with E-state index in [1.54, 1.807) is 24.4 Å². The van der Waals surface area contributed by atoms with Crippen LogP contribution in [0.15, 0.2) is 59.1 Å². The average Bonchev–Trinajstić information content (AvgIpc) is 3.34. The molecule has 2 fully saturated rings. The van der Waals surface area contributed by atoms with E-state index in [9.17, 15) is 9.18 Å². The van der Waals surface area contributed by atoms with Gasteiger partial charge < -0.3 is 25.7 Å². The monoisotopic (exact) mass is 477 g/mol. The molecule has 0 unspecified atom stereocenters. The number of nitrogens with zero attached hydrogens (tertiary/aromatic N) is 2. The van der Waals surface area contributed by atoms with Crippen LogP contribution in [0, 0.1) is 5.82 Å². The van der Waals surface area contributed by atoms with Crippen molar-refractivity contribution in [2.45, 2.75) is 56.7 Å². The number of piperidine rings is 1. The van der Waals surface area contributed by atoms with E-state index in [0.717, 1.165) is 56.4 Å². The number of nitrogens with two attached hydrogens (primary N) is 1. The summed E-state index contributed by atoms with van der Waals surface area (Å²) in [5, 5.41) is 7.41. The van der Waals surface area contributed by atoms with Crippen molar-refractivity contribution in [2.24, 2.45) is 5.73 Å². The number of primary amides is 1. The van der Waals surface area contributed by atoms with E-state index in [1.165, 1.54) is 18.6 Å². The highest BCUT2D eigenvalue weighted by Crippen LogP contribution is 2.28. The molecule has 35 heavy (non-hydrogen) atoms. The number of hydrogen-bond acceptors (Lipinski definition) is 6. The number of aromatic nitrogens is 1. The van der Waals surface area contributed by atoms with Crippen LogP contribution in [-0.4, -0.2) is 42.1 Å². The van der Waals surface area contributed by atoms with Gasteiger partial charge in [0.25, 0.3) is 6.01 Å². The maximum atomic E-state index is 13.3. The van der Waals surface area contributed by atoms with Crippen molar-refractivity contribution in [3.8, 4) is 11.3 Å². The second-order valence-electron chi connectivity index (χ2n) is 9.54. The third-order valence-corrected chi connectivity index (χ3v) is 7.08. The molecule has 3 atom stereocenters. The SMILES string of the molecule is NC(=O)c1cccc(-c2cnc(N[C@@H]3CCCC[C@H]3N[C@H]3CCCN(c4ccc(F)cc4)C3)o2)c1. The highest BCUT2D eigenvalue weighted by atomic mass is 19.1. The van der Waals surface area contributed by atoms with Crippen LogP contribution < -0.4 is 21.3 Å². The standard InChI is InChI=1S/C27H32FN5O2/c28-20-10-12-22(13-11-20)33-14-4-7-21(17-33)31-23-8-1-2-9-24(23)32-27-30-16-25(35-27)18-5-3-6-19(15-18)26(29)34/h3,5-6,10-13,15-16,21,23-24,31H,1-2,4,7-9,14,17H2,(H2,29,34)(H,30,32)/t21-,23+,24+/m0/s1. The number of hydrogen-bond donors (Lipinski definition) is 3. The van der Waals surface area contributed by atoms with Gasteiger partial charge in [0.1, 0.15) is 5.82 Å². The number of benzene rings is 2. The quantitative estimate of drug-likeness (QED) is 0.462. The van der Waals surface area contributed by atoms with Crippen LogP contribution in [0.1, 0.15) is 48.9 Å². The van der Waals surface area contributed by atoms with E-state index in [-0.39, 0.29) is 11.9 Å². The number of carbonyl (C=O) groups is 1. The summed E-state index contributed by atoms with van der Waals surface area (Å²) in [5.74, 6) is -0.0773. The Morgan fingerprint density at radius 3 is 2.66 bits per heavy atom. The van der Waals surface area contributed by atoms with Crippen LogP contribution in [0.3, 0.4) is 0 Å². The highest BCUT2D eigenvalue weighted by molar-refractivity contribution is 5.93. The van der Waals surface area contributed by atoms with Crippen LogP contribution in [0.4, 0.5) is 16.1 Å². The molecule has 0 spiro atoms. The Morgan fingerprint density at radius 1 is 1.06 bits per heavy atom. The molecule has 4 N–H and O–H groups in total. The Labute approximate surface area is 204 Å². The Bertz CT molecular complexity index is 1150. The van der Waals surface area contributed by atoms with E-state index < -0.39 is 5.91 Å². The molecular formula is C27H32FN5O2. The molecule has 2 aliphatic rings. The van der Waals surface area contributed by atoms with E-state index in [2.05, 4.69) is 20.5 Å². The first-order valence-corrected chi connectivity index (χ1v) is 12.4. The molecule has 2 aromatic carbocycles. The first-order chi connectivity index (χ1) is 17.0. The van der Waals surface area contributed by atoms with Crippen molar-refractivity contribution in [1.29, 1.82) is 0 Å². The second kappa shape index (κ2) is 10.5. The van der Waals surface area contributed by atoms with Gasteiger partial charge in [0.05, 0.1) is 6.20 Å². The first-order valence-electron chi connectivity index (χ1n) is 12.4. The molecule has 0 radical (unpaired) electrons. The lowest BCUT2D eigenvalue weighted by molar-refractivity contribution is 0.100. The van der Waals surface area contributed by atoms with Gasteiger partial charge in [-0.1, -0.05) is 25.0 Å². The predicted octanol–water partition coefficient (Wildman–Crippen LogP) is 4.56. The van der Waals surface area contributed by atoms with Crippen molar-refractivity contribution in [3.63, 3.8) is 0 Å². The van der Waals surface area contributed by atoms with Gasteiger partial charge in [-0.05, 0) is 62.1 Å². The summed E-state index contributed by atoms with van der Waals surface area (Å²) in [4.78, 5) is 18.3. The summed E-state index contributed by atoms with van der Waals surface area (Å²) in [7, 11) is 0. The van der Waals surface area contributed by atoms with E-state index >= 15 is 0 Å². The van der Waals surface area contributed by atoms with E-state index in [1.807, 2.05) is 18.2 Å². The van der Waals surface area contributed by atoms with Gasteiger partial charge in [-0.2, -0.15) is 0 Å². The van der Waals surface area contributed by atoms with Crippen LogP contribution in [-0.2, 0) is 0 Å². The second-order valence-corrected chi connectivity index (χ2v) is 9.54. The minimum atomic E-state index is -0.471. The maximum absolute atomic E-state index is 13.3. The topological polar surface area (TPSA) is 96.4 Å².